The van der Waals surface area contributed by atoms with Crippen molar-refractivity contribution in [3.8, 4) is 5.75 Å². The van der Waals surface area contributed by atoms with E-state index in [0.717, 1.165) is 28.9 Å². The highest BCUT2D eigenvalue weighted by Crippen LogP contribution is 2.26. The predicted molar refractivity (Wildman–Crippen MR) is 87.0 cm³/mol. The van der Waals surface area contributed by atoms with Crippen molar-refractivity contribution < 1.29 is 9.47 Å². The minimum absolute atomic E-state index is 0.241. The van der Waals surface area contributed by atoms with E-state index in [1.54, 1.807) is 7.11 Å². The normalized spacial score (nSPS) is 12.6. The molecule has 4 heteroatoms. The van der Waals surface area contributed by atoms with Crippen molar-refractivity contribution in [3.05, 3.63) is 30.5 Å². The van der Waals surface area contributed by atoms with E-state index in [4.69, 9.17) is 9.47 Å². The number of nitrogens with zero attached hydrogens (tertiary/aromatic N) is 1. The maximum Gasteiger partial charge on any atom is 0.134 e. The Morgan fingerprint density at radius 3 is 2.71 bits per heavy atom. The second kappa shape index (κ2) is 7.27. The number of nitrogens with one attached hydrogen (secondary N) is 1. The SMILES string of the molecule is CCOCC(Nc1nccc2cc(OC)ccc12)C(C)C. The number of hydrogen-bond acceptors (Lipinski definition) is 4. The summed E-state index contributed by atoms with van der Waals surface area (Å²) in [6, 6.07) is 8.26. The van der Waals surface area contributed by atoms with E-state index in [2.05, 4.69) is 24.1 Å². The van der Waals surface area contributed by atoms with E-state index >= 15 is 0 Å². The molecule has 0 bridgehead atoms. The molecule has 0 aliphatic rings. The van der Waals surface area contributed by atoms with Gasteiger partial charge in [0, 0.05) is 18.2 Å². The molecule has 1 heterocycles. The van der Waals surface area contributed by atoms with Crippen LogP contribution in [0.25, 0.3) is 10.8 Å². The number of methoxy groups -OCH3 is 1. The van der Waals surface area contributed by atoms with Crippen LogP contribution in [0.5, 0.6) is 5.75 Å². The summed E-state index contributed by atoms with van der Waals surface area (Å²) in [6.45, 7) is 7.79. The fraction of sp³-hybridized carbons (Fsp3) is 0.471. The Bertz CT molecular complexity index is 584. The molecule has 2 rings (SSSR count). The average Bonchev–Trinajstić information content (AvgIpc) is 2.50. The maximum absolute atomic E-state index is 5.57. The molecule has 1 N–H and O–H groups in total. The van der Waals surface area contributed by atoms with Gasteiger partial charge in [0.1, 0.15) is 11.6 Å². The standard InChI is InChI=1S/C17H24N2O2/c1-5-21-11-16(12(2)3)19-17-15-7-6-14(20-4)10-13(15)8-9-18-17/h6-10,12,16H,5,11H2,1-4H3,(H,18,19). The van der Waals surface area contributed by atoms with E-state index in [9.17, 15) is 0 Å². The molecule has 0 saturated heterocycles. The van der Waals surface area contributed by atoms with Gasteiger partial charge in [-0.05, 0) is 42.5 Å². The Kier molecular flexibility index (Phi) is 5.39. The number of anilines is 1. The predicted octanol–water partition coefficient (Wildman–Crippen LogP) is 3.72. The van der Waals surface area contributed by atoms with Crippen molar-refractivity contribution in [2.45, 2.75) is 26.8 Å². The Labute approximate surface area is 126 Å². The minimum atomic E-state index is 0.241. The fourth-order valence-corrected chi connectivity index (χ4v) is 2.22. The van der Waals surface area contributed by atoms with Crippen molar-refractivity contribution >= 4 is 16.6 Å². The summed E-state index contributed by atoms with van der Waals surface area (Å²) in [7, 11) is 1.68. The van der Waals surface area contributed by atoms with Crippen LogP contribution < -0.4 is 10.1 Å². The van der Waals surface area contributed by atoms with Crippen LogP contribution in [0.1, 0.15) is 20.8 Å². The molecule has 1 aromatic heterocycles. The summed E-state index contributed by atoms with van der Waals surface area (Å²) in [4.78, 5) is 4.49. The van der Waals surface area contributed by atoms with Crippen LogP contribution in [0.3, 0.4) is 0 Å². The summed E-state index contributed by atoms with van der Waals surface area (Å²) in [5.41, 5.74) is 0. The summed E-state index contributed by atoms with van der Waals surface area (Å²) in [5.74, 6) is 2.22. The topological polar surface area (TPSA) is 43.4 Å². The lowest BCUT2D eigenvalue weighted by Crippen LogP contribution is -2.31. The third-order valence-corrected chi connectivity index (χ3v) is 3.60. The molecular formula is C17H24N2O2. The number of hydrogen-bond donors (Lipinski definition) is 1. The molecular weight excluding hydrogens is 264 g/mol. The lowest BCUT2D eigenvalue weighted by Gasteiger charge is -2.23. The minimum Gasteiger partial charge on any atom is -0.497 e. The van der Waals surface area contributed by atoms with Gasteiger partial charge in [-0.25, -0.2) is 4.98 Å². The molecule has 0 fully saturated rings. The van der Waals surface area contributed by atoms with Crippen molar-refractivity contribution in [1.29, 1.82) is 0 Å². The molecule has 0 saturated carbocycles. The van der Waals surface area contributed by atoms with Gasteiger partial charge in [0.05, 0.1) is 19.8 Å². The van der Waals surface area contributed by atoms with E-state index in [1.807, 2.05) is 37.4 Å². The van der Waals surface area contributed by atoms with Gasteiger partial charge in [-0.3, -0.25) is 0 Å². The van der Waals surface area contributed by atoms with E-state index in [1.165, 1.54) is 0 Å². The summed E-state index contributed by atoms with van der Waals surface area (Å²) >= 11 is 0. The highest BCUT2D eigenvalue weighted by molar-refractivity contribution is 5.92. The van der Waals surface area contributed by atoms with E-state index in [0.29, 0.717) is 12.5 Å². The quantitative estimate of drug-likeness (QED) is 0.843. The van der Waals surface area contributed by atoms with Crippen LogP contribution in [0.2, 0.25) is 0 Å². The van der Waals surface area contributed by atoms with Crippen molar-refractivity contribution in [2.24, 2.45) is 5.92 Å². The molecule has 4 nitrogen and oxygen atoms in total. The first-order valence-electron chi connectivity index (χ1n) is 7.42. The van der Waals surface area contributed by atoms with Crippen LogP contribution in [0.4, 0.5) is 5.82 Å². The summed E-state index contributed by atoms with van der Waals surface area (Å²) < 4.78 is 10.8. The third-order valence-electron chi connectivity index (χ3n) is 3.60. The molecule has 2 aromatic rings. The molecule has 1 unspecified atom stereocenters. The first kappa shape index (κ1) is 15.6. The lowest BCUT2D eigenvalue weighted by atomic mass is 10.0. The second-order valence-electron chi connectivity index (χ2n) is 5.40. The maximum atomic E-state index is 5.57. The third kappa shape index (κ3) is 3.85. The van der Waals surface area contributed by atoms with Crippen molar-refractivity contribution in [1.82, 2.24) is 4.98 Å². The van der Waals surface area contributed by atoms with Gasteiger partial charge in [0.2, 0.25) is 0 Å². The van der Waals surface area contributed by atoms with Gasteiger partial charge in [0.15, 0.2) is 0 Å². The highest BCUT2D eigenvalue weighted by atomic mass is 16.5. The molecule has 0 aliphatic heterocycles. The van der Waals surface area contributed by atoms with Crippen molar-refractivity contribution in [3.63, 3.8) is 0 Å². The van der Waals surface area contributed by atoms with E-state index in [-0.39, 0.29) is 6.04 Å². The Morgan fingerprint density at radius 1 is 1.24 bits per heavy atom. The molecule has 1 aromatic carbocycles. The van der Waals surface area contributed by atoms with Gasteiger partial charge in [-0.2, -0.15) is 0 Å². The molecule has 0 spiro atoms. The lowest BCUT2D eigenvalue weighted by molar-refractivity contribution is 0.126. The first-order chi connectivity index (χ1) is 10.2. The number of aromatic nitrogens is 1. The van der Waals surface area contributed by atoms with Crippen molar-refractivity contribution in [2.75, 3.05) is 25.6 Å². The van der Waals surface area contributed by atoms with Gasteiger partial charge >= 0.3 is 0 Å². The van der Waals surface area contributed by atoms with Gasteiger partial charge in [-0.15, -0.1) is 0 Å². The molecule has 114 valence electrons. The van der Waals surface area contributed by atoms with Crippen LogP contribution in [-0.4, -0.2) is 31.3 Å². The smallest absolute Gasteiger partial charge is 0.134 e. The molecule has 21 heavy (non-hydrogen) atoms. The fourth-order valence-electron chi connectivity index (χ4n) is 2.22. The number of fused-ring (bicyclic) bond motifs is 1. The largest absolute Gasteiger partial charge is 0.497 e. The zero-order valence-electron chi connectivity index (χ0n) is 13.2. The number of benzene rings is 1. The Balaban J connectivity index is 2.28. The van der Waals surface area contributed by atoms with Crippen LogP contribution in [0.15, 0.2) is 30.5 Å². The monoisotopic (exact) mass is 288 g/mol. The van der Waals surface area contributed by atoms with E-state index < -0.39 is 0 Å². The van der Waals surface area contributed by atoms with Gasteiger partial charge in [-0.1, -0.05) is 13.8 Å². The van der Waals surface area contributed by atoms with Crippen LogP contribution in [-0.2, 0) is 4.74 Å². The molecule has 0 aliphatic carbocycles. The van der Waals surface area contributed by atoms with Gasteiger partial charge < -0.3 is 14.8 Å². The average molecular weight is 288 g/mol. The molecule has 1 atom stereocenters. The zero-order valence-corrected chi connectivity index (χ0v) is 13.2. The first-order valence-corrected chi connectivity index (χ1v) is 7.42. The number of ether oxygens (including phenoxy) is 2. The molecule has 0 radical (unpaired) electrons. The Morgan fingerprint density at radius 2 is 2.05 bits per heavy atom. The summed E-state index contributed by atoms with van der Waals surface area (Å²) in [5, 5.41) is 5.73. The Hall–Kier alpha value is -1.81. The highest BCUT2D eigenvalue weighted by Gasteiger charge is 2.15. The second-order valence-corrected chi connectivity index (χ2v) is 5.40. The number of pyridine rings is 1. The summed E-state index contributed by atoms with van der Waals surface area (Å²) in [6.07, 6.45) is 1.82. The van der Waals surface area contributed by atoms with Gasteiger partial charge in [0.25, 0.3) is 0 Å². The van der Waals surface area contributed by atoms with Crippen LogP contribution in [0, 0.1) is 5.92 Å². The number of rotatable bonds is 7. The van der Waals surface area contributed by atoms with Crippen LogP contribution >= 0.6 is 0 Å². The molecule has 0 amide bonds. The zero-order chi connectivity index (χ0) is 15.2.